The number of anilines is 1. The molecular formula is C16H26N2O. The average Bonchev–Trinajstić information content (AvgIpc) is 2.91. The molecule has 0 radical (unpaired) electrons. The van der Waals surface area contributed by atoms with Crippen molar-refractivity contribution in [3.63, 3.8) is 0 Å². The molecule has 0 aromatic heterocycles. The number of rotatable bonds is 6. The lowest BCUT2D eigenvalue weighted by Gasteiger charge is -2.32. The van der Waals surface area contributed by atoms with Gasteiger partial charge < -0.3 is 15.3 Å². The first kappa shape index (κ1) is 14.4. The summed E-state index contributed by atoms with van der Waals surface area (Å²) in [5.74, 6) is 0. The number of nitrogens with one attached hydrogen (secondary N) is 1. The van der Waals surface area contributed by atoms with Crippen molar-refractivity contribution in [2.24, 2.45) is 0 Å². The molecule has 0 spiro atoms. The zero-order valence-corrected chi connectivity index (χ0v) is 12.2. The Morgan fingerprint density at radius 3 is 2.63 bits per heavy atom. The number of benzene rings is 1. The van der Waals surface area contributed by atoms with E-state index in [4.69, 9.17) is 0 Å². The minimum Gasteiger partial charge on any atom is -0.395 e. The summed E-state index contributed by atoms with van der Waals surface area (Å²) in [7, 11) is 1.97. The number of aliphatic hydroxyl groups excluding tert-OH is 1. The number of aliphatic hydroxyl groups is 1. The molecular weight excluding hydrogens is 236 g/mol. The lowest BCUT2D eigenvalue weighted by Crippen LogP contribution is -2.36. The maximum absolute atomic E-state index is 9.34. The third kappa shape index (κ3) is 3.48. The summed E-state index contributed by atoms with van der Waals surface area (Å²) in [6.07, 6.45) is 5.17. The molecule has 0 atom stereocenters. The van der Waals surface area contributed by atoms with Crippen LogP contribution in [0.25, 0.3) is 0 Å². The molecule has 0 unspecified atom stereocenters. The molecule has 0 saturated heterocycles. The molecule has 0 bridgehead atoms. The highest BCUT2D eigenvalue weighted by Gasteiger charge is 2.23. The standard InChI is InChI=1S/C16H26N2O/c1-13-11-14(12-17-2)7-8-16(13)18(9-10-19)15-5-3-4-6-15/h7-8,11,15,17,19H,3-6,9-10,12H2,1-2H3. The van der Waals surface area contributed by atoms with Crippen LogP contribution in [0.3, 0.4) is 0 Å². The second kappa shape index (κ2) is 6.92. The fraction of sp³-hybridized carbons (Fsp3) is 0.625. The van der Waals surface area contributed by atoms with Gasteiger partial charge in [0.1, 0.15) is 0 Å². The molecule has 3 nitrogen and oxygen atoms in total. The molecule has 1 fully saturated rings. The van der Waals surface area contributed by atoms with Crippen molar-refractivity contribution < 1.29 is 5.11 Å². The Hall–Kier alpha value is -1.06. The van der Waals surface area contributed by atoms with Crippen LogP contribution < -0.4 is 10.2 Å². The first-order chi connectivity index (χ1) is 9.26. The largest absolute Gasteiger partial charge is 0.395 e. The highest BCUT2D eigenvalue weighted by atomic mass is 16.3. The van der Waals surface area contributed by atoms with Gasteiger partial charge in [0.2, 0.25) is 0 Å². The Morgan fingerprint density at radius 1 is 1.32 bits per heavy atom. The van der Waals surface area contributed by atoms with Crippen molar-refractivity contribution in [3.8, 4) is 0 Å². The molecule has 1 aromatic carbocycles. The fourth-order valence-corrected chi connectivity index (χ4v) is 3.18. The maximum Gasteiger partial charge on any atom is 0.0606 e. The predicted octanol–water partition coefficient (Wildman–Crippen LogP) is 2.46. The molecule has 1 aliphatic carbocycles. The monoisotopic (exact) mass is 262 g/mol. The Bertz CT molecular complexity index is 400. The first-order valence-electron chi connectivity index (χ1n) is 7.38. The van der Waals surface area contributed by atoms with Gasteiger partial charge in [0, 0.05) is 24.8 Å². The van der Waals surface area contributed by atoms with Crippen LogP contribution in [-0.4, -0.2) is 31.3 Å². The summed E-state index contributed by atoms with van der Waals surface area (Å²) in [6.45, 7) is 4.06. The molecule has 1 aliphatic rings. The molecule has 19 heavy (non-hydrogen) atoms. The van der Waals surface area contributed by atoms with Crippen molar-refractivity contribution in [1.29, 1.82) is 0 Å². The maximum atomic E-state index is 9.34. The molecule has 0 amide bonds. The van der Waals surface area contributed by atoms with Gasteiger partial charge in [0.15, 0.2) is 0 Å². The van der Waals surface area contributed by atoms with E-state index in [2.05, 4.69) is 35.3 Å². The number of nitrogens with zero attached hydrogens (tertiary/aromatic N) is 1. The molecule has 0 heterocycles. The van der Waals surface area contributed by atoms with Crippen LogP contribution >= 0.6 is 0 Å². The van der Waals surface area contributed by atoms with Crippen LogP contribution in [0.4, 0.5) is 5.69 Å². The van der Waals surface area contributed by atoms with Gasteiger partial charge in [-0.2, -0.15) is 0 Å². The molecule has 3 heteroatoms. The third-order valence-corrected chi connectivity index (χ3v) is 4.06. The van der Waals surface area contributed by atoms with Crippen molar-refractivity contribution in [2.75, 3.05) is 25.1 Å². The second-order valence-corrected chi connectivity index (χ2v) is 5.51. The van der Waals surface area contributed by atoms with Crippen LogP contribution in [0.15, 0.2) is 18.2 Å². The van der Waals surface area contributed by atoms with E-state index in [-0.39, 0.29) is 6.61 Å². The van der Waals surface area contributed by atoms with Crippen molar-refractivity contribution in [3.05, 3.63) is 29.3 Å². The van der Waals surface area contributed by atoms with Crippen molar-refractivity contribution in [1.82, 2.24) is 5.32 Å². The molecule has 0 aliphatic heterocycles. The fourth-order valence-electron chi connectivity index (χ4n) is 3.18. The van der Waals surface area contributed by atoms with Gasteiger partial charge in [-0.05, 0) is 44.0 Å². The van der Waals surface area contributed by atoms with Crippen LogP contribution in [-0.2, 0) is 6.54 Å². The SMILES string of the molecule is CNCc1ccc(N(CCO)C2CCCC2)c(C)c1. The van der Waals surface area contributed by atoms with Gasteiger partial charge in [-0.1, -0.05) is 25.0 Å². The zero-order valence-electron chi connectivity index (χ0n) is 12.2. The lowest BCUT2D eigenvalue weighted by atomic mass is 10.1. The number of hydrogen-bond donors (Lipinski definition) is 2. The Balaban J connectivity index is 2.20. The van der Waals surface area contributed by atoms with E-state index in [0.717, 1.165) is 13.1 Å². The topological polar surface area (TPSA) is 35.5 Å². The van der Waals surface area contributed by atoms with E-state index in [1.807, 2.05) is 7.05 Å². The van der Waals surface area contributed by atoms with Crippen LogP contribution in [0.1, 0.15) is 36.8 Å². The smallest absolute Gasteiger partial charge is 0.0606 e. The second-order valence-electron chi connectivity index (χ2n) is 5.51. The molecule has 106 valence electrons. The van der Waals surface area contributed by atoms with E-state index < -0.39 is 0 Å². The highest BCUT2D eigenvalue weighted by Crippen LogP contribution is 2.30. The summed E-state index contributed by atoms with van der Waals surface area (Å²) < 4.78 is 0. The Kier molecular flexibility index (Phi) is 5.23. The molecule has 2 rings (SSSR count). The normalized spacial score (nSPS) is 15.9. The Labute approximate surface area is 116 Å². The van der Waals surface area contributed by atoms with Crippen molar-refractivity contribution in [2.45, 2.75) is 45.2 Å². The van der Waals surface area contributed by atoms with E-state index in [9.17, 15) is 5.11 Å². The molecule has 1 saturated carbocycles. The van der Waals surface area contributed by atoms with E-state index >= 15 is 0 Å². The summed E-state index contributed by atoms with van der Waals surface area (Å²) in [5.41, 5.74) is 3.92. The van der Waals surface area contributed by atoms with Crippen LogP contribution in [0.5, 0.6) is 0 Å². The number of hydrogen-bond acceptors (Lipinski definition) is 3. The summed E-state index contributed by atoms with van der Waals surface area (Å²) in [4.78, 5) is 2.41. The first-order valence-corrected chi connectivity index (χ1v) is 7.38. The lowest BCUT2D eigenvalue weighted by molar-refractivity contribution is 0.297. The van der Waals surface area contributed by atoms with Crippen LogP contribution in [0, 0.1) is 6.92 Å². The average molecular weight is 262 g/mol. The minimum absolute atomic E-state index is 0.230. The number of aryl methyl sites for hydroxylation is 1. The summed E-state index contributed by atoms with van der Waals surface area (Å²) in [5, 5.41) is 12.5. The highest BCUT2D eigenvalue weighted by molar-refractivity contribution is 5.55. The summed E-state index contributed by atoms with van der Waals surface area (Å²) >= 11 is 0. The predicted molar refractivity (Wildman–Crippen MR) is 80.6 cm³/mol. The van der Waals surface area contributed by atoms with Gasteiger partial charge in [-0.15, -0.1) is 0 Å². The summed E-state index contributed by atoms with van der Waals surface area (Å²) in [6, 6.07) is 7.28. The molecule has 2 N–H and O–H groups in total. The van der Waals surface area contributed by atoms with E-state index in [1.165, 1.54) is 42.5 Å². The van der Waals surface area contributed by atoms with Crippen LogP contribution in [0.2, 0.25) is 0 Å². The van der Waals surface area contributed by atoms with Gasteiger partial charge in [0.05, 0.1) is 6.61 Å². The Morgan fingerprint density at radius 2 is 2.05 bits per heavy atom. The zero-order chi connectivity index (χ0) is 13.7. The van der Waals surface area contributed by atoms with E-state index in [0.29, 0.717) is 6.04 Å². The minimum atomic E-state index is 0.230. The molecule has 1 aromatic rings. The third-order valence-electron chi connectivity index (χ3n) is 4.06. The van der Waals surface area contributed by atoms with Crippen molar-refractivity contribution >= 4 is 5.69 Å². The van der Waals surface area contributed by atoms with Gasteiger partial charge in [-0.25, -0.2) is 0 Å². The van der Waals surface area contributed by atoms with Gasteiger partial charge >= 0.3 is 0 Å². The van der Waals surface area contributed by atoms with E-state index in [1.54, 1.807) is 0 Å². The van der Waals surface area contributed by atoms with Gasteiger partial charge in [-0.3, -0.25) is 0 Å². The van der Waals surface area contributed by atoms with Gasteiger partial charge in [0.25, 0.3) is 0 Å². The quantitative estimate of drug-likeness (QED) is 0.826.